The molecule has 102 valence electrons. The Hall–Kier alpha value is -0.700. The van der Waals surface area contributed by atoms with Gasteiger partial charge in [-0.3, -0.25) is 0 Å². The summed E-state index contributed by atoms with van der Waals surface area (Å²) in [7, 11) is 2.24. The van der Waals surface area contributed by atoms with Crippen molar-refractivity contribution in [2.75, 3.05) is 40.0 Å². The Kier molecular flexibility index (Phi) is 5.36. The first-order valence-corrected chi connectivity index (χ1v) is 7.31. The fourth-order valence-electron chi connectivity index (χ4n) is 2.75. The van der Waals surface area contributed by atoms with E-state index in [1.807, 2.05) is 0 Å². The molecule has 0 N–H and O–H groups in total. The second-order valence-electron chi connectivity index (χ2n) is 5.86. The van der Waals surface area contributed by atoms with Crippen LogP contribution in [0.15, 0.2) is 9.98 Å². The summed E-state index contributed by atoms with van der Waals surface area (Å²) in [5.74, 6) is 0. The number of nitrogens with zero attached hydrogens (tertiary/aromatic N) is 3. The van der Waals surface area contributed by atoms with Gasteiger partial charge in [0.1, 0.15) is 6.54 Å². The van der Waals surface area contributed by atoms with Crippen LogP contribution in [0.25, 0.3) is 0 Å². The van der Waals surface area contributed by atoms with Crippen molar-refractivity contribution in [2.24, 2.45) is 9.98 Å². The Morgan fingerprint density at radius 2 is 2.06 bits per heavy atom. The van der Waals surface area contributed by atoms with E-state index < -0.39 is 0 Å². The summed E-state index contributed by atoms with van der Waals surface area (Å²) >= 11 is 0. The largest absolute Gasteiger partial charge is 0.331 e. The molecule has 1 saturated carbocycles. The second-order valence-corrected chi connectivity index (χ2v) is 5.86. The van der Waals surface area contributed by atoms with Crippen LogP contribution in [0.4, 0.5) is 0 Å². The zero-order valence-corrected chi connectivity index (χ0v) is 11.6. The molecule has 4 nitrogen and oxygen atoms in total. The number of hydrogen-bond donors (Lipinski definition) is 0. The molecule has 0 aromatic rings. The molecule has 1 aliphatic carbocycles. The lowest BCUT2D eigenvalue weighted by molar-refractivity contribution is -0.933. The fourth-order valence-corrected chi connectivity index (χ4v) is 2.75. The van der Waals surface area contributed by atoms with Gasteiger partial charge in [0.05, 0.1) is 38.8 Å². The average Bonchev–Trinajstić information content (AvgIpc) is 2.40. The third kappa shape index (κ3) is 4.52. The molecule has 4 heteroatoms. The molecule has 1 unspecified atom stereocenters. The van der Waals surface area contributed by atoms with Crippen molar-refractivity contribution in [3.63, 3.8) is 0 Å². The molecule has 1 atom stereocenters. The van der Waals surface area contributed by atoms with Crippen LogP contribution in [0.2, 0.25) is 0 Å². The van der Waals surface area contributed by atoms with Crippen LogP contribution in [-0.2, 0) is 4.74 Å². The third-order valence-corrected chi connectivity index (χ3v) is 4.03. The smallest absolute Gasteiger partial charge is 0.182 e. The molecule has 1 saturated heterocycles. The standard InChI is InChI=1S/C14H26N3O/c1-17(9-5-11-18-13-17)10-8-15-12-16-14-6-3-2-4-7-14/h14H,2-11,13H2,1H3/q+1. The minimum absolute atomic E-state index is 0.491. The number of quaternary nitrogens is 1. The highest BCUT2D eigenvalue weighted by Crippen LogP contribution is 2.19. The second kappa shape index (κ2) is 7.03. The van der Waals surface area contributed by atoms with E-state index in [0.717, 1.165) is 37.3 Å². The molecule has 0 bridgehead atoms. The van der Waals surface area contributed by atoms with Gasteiger partial charge in [-0.25, -0.2) is 9.98 Å². The maximum atomic E-state index is 5.52. The van der Waals surface area contributed by atoms with E-state index in [9.17, 15) is 0 Å². The highest BCUT2D eigenvalue weighted by molar-refractivity contribution is 5.41. The van der Waals surface area contributed by atoms with Gasteiger partial charge in [-0.15, -0.1) is 0 Å². The predicted molar refractivity (Wildman–Crippen MR) is 73.0 cm³/mol. The summed E-state index contributed by atoms with van der Waals surface area (Å²) in [5, 5.41) is 0. The van der Waals surface area contributed by atoms with Crippen molar-refractivity contribution < 1.29 is 9.22 Å². The van der Waals surface area contributed by atoms with Crippen LogP contribution in [-0.4, -0.2) is 56.6 Å². The summed E-state index contributed by atoms with van der Waals surface area (Å²) in [4.78, 5) is 8.75. The Bertz CT molecular complexity index is 298. The zero-order chi connectivity index (χ0) is 12.7. The van der Waals surface area contributed by atoms with Gasteiger partial charge in [0, 0.05) is 6.42 Å². The lowest BCUT2D eigenvalue weighted by Crippen LogP contribution is -2.51. The molecule has 1 heterocycles. The topological polar surface area (TPSA) is 34.0 Å². The van der Waals surface area contributed by atoms with E-state index in [1.54, 1.807) is 0 Å². The lowest BCUT2D eigenvalue weighted by Gasteiger charge is -2.36. The van der Waals surface area contributed by atoms with Crippen LogP contribution >= 0.6 is 0 Å². The Labute approximate surface area is 110 Å². The molecule has 2 aliphatic rings. The Balaban J connectivity index is 1.68. The van der Waals surface area contributed by atoms with E-state index in [-0.39, 0.29) is 0 Å². The van der Waals surface area contributed by atoms with Crippen LogP contribution in [0.3, 0.4) is 0 Å². The molecular weight excluding hydrogens is 226 g/mol. The van der Waals surface area contributed by atoms with Gasteiger partial charge in [0.2, 0.25) is 0 Å². The minimum Gasteiger partial charge on any atom is -0.331 e. The summed E-state index contributed by atoms with van der Waals surface area (Å²) in [5.41, 5.74) is 0. The highest BCUT2D eigenvalue weighted by atomic mass is 16.5. The number of rotatable bonds is 4. The minimum atomic E-state index is 0.491. The number of hydrogen-bond acceptors (Lipinski definition) is 3. The zero-order valence-electron chi connectivity index (χ0n) is 11.6. The molecule has 0 radical (unpaired) electrons. The fraction of sp³-hybridized carbons (Fsp3) is 0.929. The SMILES string of the molecule is C[N+]1(CCN=C=NC2CCCCC2)CCCOC1. The van der Waals surface area contributed by atoms with Gasteiger partial charge >= 0.3 is 0 Å². The molecule has 0 aromatic carbocycles. The quantitative estimate of drug-likeness (QED) is 0.558. The van der Waals surface area contributed by atoms with Crippen LogP contribution in [0.5, 0.6) is 0 Å². The molecule has 18 heavy (non-hydrogen) atoms. The monoisotopic (exact) mass is 252 g/mol. The van der Waals surface area contributed by atoms with Crippen molar-refractivity contribution in [3.8, 4) is 0 Å². The van der Waals surface area contributed by atoms with E-state index in [4.69, 9.17) is 4.74 Å². The number of ether oxygens (including phenoxy) is 1. The van der Waals surface area contributed by atoms with E-state index in [1.165, 1.54) is 38.6 Å². The van der Waals surface area contributed by atoms with Crippen molar-refractivity contribution in [3.05, 3.63) is 0 Å². The van der Waals surface area contributed by atoms with Crippen LogP contribution in [0, 0.1) is 0 Å². The number of aliphatic imine (C=N–C) groups is 2. The maximum absolute atomic E-state index is 5.52. The van der Waals surface area contributed by atoms with Crippen molar-refractivity contribution >= 4 is 6.01 Å². The van der Waals surface area contributed by atoms with Crippen molar-refractivity contribution in [1.29, 1.82) is 0 Å². The number of likely N-dealkylation sites (N-methyl/N-ethyl adjacent to an activating group) is 1. The molecule has 2 fully saturated rings. The Morgan fingerprint density at radius 3 is 2.78 bits per heavy atom. The Morgan fingerprint density at radius 1 is 1.22 bits per heavy atom. The first kappa shape index (κ1) is 13.7. The van der Waals surface area contributed by atoms with Gasteiger partial charge < -0.3 is 9.22 Å². The van der Waals surface area contributed by atoms with Gasteiger partial charge in [-0.05, 0) is 12.8 Å². The molecule has 0 spiro atoms. The molecule has 0 amide bonds. The molecule has 0 aromatic heterocycles. The van der Waals surface area contributed by atoms with E-state index in [2.05, 4.69) is 23.0 Å². The molecule has 2 rings (SSSR count). The van der Waals surface area contributed by atoms with Gasteiger partial charge in [0.15, 0.2) is 6.73 Å². The summed E-state index contributed by atoms with van der Waals surface area (Å²) in [6.45, 7) is 4.80. The van der Waals surface area contributed by atoms with Gasteiger partial charge in [-0.1, -0.05) is 19.3 Å². The third-order valence-electron chi connectivity index (χ3n) is 4.03. The summed E-state index contributed by atoms with van der Waals surface area (Å²) in [6, 6.07) is 3.40. The molecule has 1 aliphatic heterocycles. The van der Waals surface area contributed by atoms with Crippen LogP contribution in [0.1, 0.15) is 38.5 Å². The van der Waals surface area contributed by atoms with E-state index in [0.29, 0.717) is 6.04 Å². The summed E-state index contributed by atoms with van der Waals surface area (Å²) < 4.78 is 6.50. The first-order valence-electron chi connectivity index (χ1n) is 7.31. The normalized spacial score (nSPS) is 29.6. The van der Waals surface area contributed by atoms with Crippen LogP contribution < -0.4 is 0 Å². The maximum Gasteiger partial charge on any atom is 0.182 e. The average molecular weight is 252 g/mol. The predicted octanol–water partition coefficient (Wildman–Crippen LogP) is 2.32. The summed E-state index contributed by atoms with van der Waals surface area (Å²) in [6.07, 6.45) is 7.63. The first-order chi connectivity index (χ1) is 8.79. The highest BCUT2D eigenvalue weighted by Gasteiger charge is 2.24. The van der Waals surface area contributed by atoms with Crippen molar-refractivity contribution in [2.45, 2.75) is 44.6 Å². The molecular formula is C14H26N3O+. The van der Waals surface area contributed by atoms with Gasteiger partial charge in [-0.2, -0.15) is 0 Å². The van der Waals surface area contributed by atoms with Gasteiger partial charge in [0.25, 0.3) is 0 Å². The van der Waals surface area contributed by atoms with E-state index >= 15 is 0 Å². The van der Waals surface area contributed by atoms with Crippen molar-refractivity contribution in [1.82, 2.24) is 0 Å². The lowest BCUT2D eigenvalue weighted by atomic mass is 9.96.